The van der Waals surface area contributed by atoms with Crippen molar-refractivity contribution >= 4 is 27.6 Å². The molecule has 0 bridgehead atoms. The van der Waals surface area contributed by atoms with Gasteiger partial charge < -0.3 is 10.1 Å². The summed E-state index contributed by atoms with van der Waals surface area (Å²) in [5, 5.41) is 6.77. The van der Waals surface area contributed by atoms with Gasteiger partial charge in [0, 0.05) is 6.54 Å². The summed E-state index contributed by atoms with van der Waals surface area (Å²) in [6.45, 7) is 2.52. The molecule has 1 N–H and O–H groups in total. The van der Waals surface area contributed by atoms with E-state index in [-0.39, 0.29) is 12.1 Å². The number of aromatic nitrogens is 2. The first-order chi connectivity index (χ1) is 8.10. The number of esters is 1. The molecule has 1 aromatic heterocycles. The van der Waals surface area contributed by atoms with Crippen molar-refractivity contribution in [3.8, 4) is 0 Å². The highest BCUT2D eigenvalue weighted by Gasteiger charge is 2.09. The van der Waals surface area contributed by atoms with E-state index in [4.69, 9.17) is 0 Å². The first-order valence-electron chi connectivity index (χ1n) is 5.16. The van der Waals surface area contributed by atoms with Gasteiger partial charge in [-0.05, 0) is 22.4 Å². The molecule has 1 heterocycles. The van der Waals surface area contributed by atoms with Gasteiger partial charge in [-0.15, -0.1) is 0 Å². The van der Waals surface area contributed by atoms with Gasteiger partial charge in [-0.1, -0.05) is 6.92 Å². The van der Waals surface area contributed by atoms with Crippen molar-refractivity contribution in [1.82, 2.24) is 9.78 Å². The Morgan fingerprint density at radius 3 is 2.94 bits per heavy atom. The number of aryl methyl sites for hydroxylation is 1. The highest BCUT2D eigenvalue weighted by Crippen LogP contribution is 2.15. The van der Waals surface area contributed by atoms with Crippen LogP contribution in [0.1, 0.15) is 13.3 Å². The van der Waals surface area contributed by atoms with E-state index in [9.17, 15) is 9.59 Å². The largest absolute Gasteiger partial charge is 0.468 e. The lowest BCUT2D eigenvalue weighted by Crippen LogP contribution is -2.25. The molecule has 6 nitrogen and oxygen atoms in total. The summed E-state index contributed by atoms with van der Waals surface area (Å²) in [6.07, 6.45) is 2.33. The maximum atomic E-state index is 11.8. The van der Waals surface area contributed by atoms with Crippen LogP contribution in [-0.4, -0.2) is 29.4 Å². The molecule has 0 saturated heterocycles. The van der Waals surface area contributed by atoms with Crippen LogP contribution in [0.3, 0.4) is 0 Å². The van der Waals surface area contributed by atoms with E-state index in [0.717, 1.165) is 6.42 Å². The van der Waals surface area contributed by atoms with Crippen molar-refractivity contribution in [2.45, 2.75) is 19.9 Å². The van der Waals surface area contributed by atoms with E-state index in [1.165, 1.54) is 18.0 Å². The standard InChI is InChI=1S/C10H14BrN3O3/c1-3-4-14-10(16)9(11)7(5-13-14)12-6-8(15)17-2/h5,12H,3-4,6H2,1-2H3. The first-order valence-corrected chi connectivity index (χ1v) is 5.95. The second-order valence-corrected chi connectivity index (χ2v) is 4.12. The van der Waals surface area contributed by atoms with Crippen LogP contribution in [0.2, 0.25) is 0 Å². The van der Waals surface area contributed by atoms with Gasteiger partial charge in [-0.25, -0.2) is 4.68 Å². The quantitative estimate of drug-likeness (QED) is 0.822. The molecule has 1 rings (SSSR count). The average Bonchev–Trinajstić information content (AvgIpc) is 2.34. The van der Waals surface area contributed by atoms with E-state index < -0.39 is 5.97 Å². The van der Waals surface area contributed by atoms with Gasteiger partial charge in [0.2, 0.25) is 0 Å². The van der Waals surface area contributed by atoms with Crippen LogP contribution in [0.25, 0.3) is 0 Å². The Morgan fingerprint density at radius 1 is 1.65 bits per heavy atom. The molecule has 7 heteroatoms. The third-order valence-corrected chi connectivity index (χ3v) is 2.84. The summed E-state index contributed by atoms with van der Waals surface area (Å²) in [7, 11) is 1.30. The van der Waals surface area contributed by atoms with Gasteiger partial charge in [0.25, 0.3) is 5.56 Å². The minimum absolute atomic E-state index is 0.00594. The molecule has 0 aliphatic heterocycles. The summed E-state index contributed by atoms with van der Waals surface area (Å²) in [4.78, 5) is 22.7. The number of ether oxygens (including phenoxy) is 1. The smallest absolute Gasteiger partial charge is 0.325 e. The minimum Gasteiger partial charge on any atom is -0.468 e. The van der Waals surface area contributed by atoms with Crippen LogP contribution < -0.4 is 10.9 Å². The van der Waals surface area contributed by atoms with Crippen molar-refractivity contribution in [3.05, 3.63) is 21.0 Å². The van der Waals surface area contributed by atoms with Gasteiger partial charge >= 0.3 is 5.97 Å². The average molecular weight is 304 g/mol. The third kappa shape index (κ3) is 3.55. The Labute approximate surface area is 107 Å². The first kappa shape index (κ1) is 13.7. The minimum atomic E-state index is -0.408. The van der Waals surface area contributed by atoms with Crippen molar-refractivity contribution in [2.75, 3.05) is 19.0 Å². The highest BCUT2D eigenvalue weighted by molar-refractivity contribution is 9.10. The lowest BCUT2D eigenvalue weighted by atomic mass is 10.4. The lowest BCUT2D eigenvalue weighted by Gasteiger charge is -2.08. The molecular weight excluding hydrogens is 290 g/mol. The summed E-state index contributed by atoms with van der Waals surface area (Å²) in [5.74, 6) is -0.408. The predicted octanol–water partition coefficient (Wildman–Crippen LogP) is 1.00. The Morgan fingerprint density at radius 2 is 2.35 bits per heavy atom. The number of anilines is 1. The number of rotatable bonds is 5. The molecule has 1 aromatic rings. The SMILES string of the molecule is CCCn1ncc(NCC(=O)OC)c(Br)c1=O. The highest BCUT2D eigenvalue weighted by atomic mass is 79.9. The molecule has 0 aliphatic rings. The van der Waals surface area contributed by atoms with E-state index in [1.807, 2.05) is 6.92 Å². The van der Waals surface area contributed by atoms with Crippen LogP contribution in [0, 0.1) is 0 Å². The molecule has 94 valence electrons. The monoisotopic (exact) mass is 303 g/mol. The van der Waals surface area contributed by atoms with Gasteiger partial charge in [0.1, 0.15) is 11.0 Å². The van der Waals surface area contributed by atoms with Crippen LogP contribution in [-0.2, 0) is 16.1 Å². The lowest BCUT2D eigenvalue weighted by molar-refractivity contribution is -0.138. The van der Waals surface area contributed by atoms with Crippen LogP contribution in [0.4, 0.5) is 5.69 Å². The molecule has 0 saturated carbocycles. The summed E-state index contributed by atoms with van der Waals surface area (Å²) >= 11 is 3.19. The molecule has 0 spiro atoms. The molecule has 0 radical (unpaired) electrons. The fourth-order valence-corrected chi connectivity index (χ4v) is 1.65. The zero-order chi connectivity index (χ0) is 12.8. The number of carbonyl (C=O) groups is 1. The van der Waals surface area contributed by atoms with Crippen molar-refractivity contribution < 1.29 is 9.53 Å². The van der Waals surface area contributed by atoms with Crippen molar-refractivity contribution in [3.63, 3.8) is 0 Å². The summed E-state index contributed by atoms with van der Waals surface area (Å²) in [5.41, 5.74) is 0.259. The van der Waals surface area contributed by atoms with E-state index in [0.29, 0.717) is 16.7 Å². The molecule has 17 heavy (non-hydrogen) atoms. The van der Waals surface area contributed by atoms with E-state index in [1.54, 1.807) is 0 Å². The van der Waals surface area contributed by atoms with E-state index in [2.05, 4.69) is 31.1 Å². The van der Waals surface area contributed by atoms with Gasteiger partial charge in [-0.3, -0.25) is 9.59 Å². The maximum absolute atomic E-state index is 11.8. The third-order valence-electron chi connectivity index (χ3n) is 2.07. The number of halogens is 1. The van der Waals surface area contributed by atoms with Gasteiger partial charge in [0.05, 0.1) is 19.0 Å². The fourth-order valence-electron chi connectivity index (χ4n) is 1.20. The van der Waals surface area contributed by atoms with Crippen LogP contribution >= 0.6 is 15.9 Å². The van der Waals surface area contributed by atoms with Crippen molar-refractivity contribution in [1.29, 1.82) is 0 Å². The Hall–Kier alpha value is -1.37. The normalized spacial score (nSPS) is 10.1. The van der Waals surface area contributed by atoms with Crippen LogP contribution in [0.15, 0.2) is 15.5 Å². The van der Waals surface area contributed by atoms with E-state index >= 15 is 0 Å². The fraction of sp³-hybridized carbons (Fsp3) is 0.500. The Bertz CT molecular complexity index is 459. The van der Waals surface area contributed by atoms with Gasteiger partial charge in [0.15, 0.2) is 0 Å². The molecule has 0 aromatic carbocycles. The van der Waals surface area contributed by atoms with Gasteiger partial charge in [-0.2, -0.15) is 5.10 Å². The van der Waals surface area contributed by atoms with Crippen LogP contribution in [0.5, 0.6) is 0 Å². The summed E-state index contributed by atoms with van der Waals surface area (Å²) < 4.78 is 6.22. The molecule has 0 unspecified atom stereocenters. The number of nitrogens with one attached hydrogen (secondary N) is 1. The molecule has 0 amide bonds. The molecule has 0 fully saturated rings. The Kier molecular flexibility index (Phi) is 5.14. The number of hydrogen-bond acceptors (Lipinski definition) is 5. The second kappa shape index (κ2) is 6.39. The zero-order valence-electron chi connectivity index (χ0n) is 9.70. The molecule has 0 aliphatic carbocycles. The maximum Gasteiger partial charge on any atom is 0.325 e. The number of methoxy groups -OCH3 is 1. The predicted molar refractivity (Wildman–Crippen MR) is 67.0 cm³/mol. The number of carbonyl (C=O) groups excluding carboxylic acids is 1. The summed E-state index contributed by atoms with van der Waals surface area (Å²) in [6, 6.07) is 0. The number of nitrogens with zero attached hydrogens (tertiary/aromatic N) is 2. The second-order valence-electron chi connectivity index (χ2n) is 3.33. The zero-order valence-corrected chi connectivity index (χ0v) is 11.3. The Balaban J connectivity index is 2.85. The molecular formula is C10H14BrN3O3. The topological polar surface area (TPSA) is 73.2 Å². The molecule has 0 atom stereocenters. The number of hydrogen-bond donors (Lipinski definition) is 1. The van der Waals surface area contributed by atoms with Crippen molar-refractivity contribution in [2.24, 2.45) is 0 Å².